The highest BCUT2D eigenvalue weighted by atomic mass is 16.1. The highest BCUT2D eigenvalue weighted by Crippen LogP contribution is 2.16. The normalized spacial score (nSPS) is 9.86. The van der Waals surface area contributed by atoms with Gasteiger partial charge in [0, 0.05) is 16.8 Å². The maximum Gasteiger partial charge on any atom is 0.238 e. The van der Waals surface area contributed by atoms with E-state index in [9.17, 15) is 9.59 Å². The zero-order valence-corrected chi connectivity index (χ0v) is 12.5. The van der Waals surface area contributed by atoms with Gasteiger partial charge in [0.15, 0.2) is 5.78 Å². The molecule has 0 aromatic heterocycles. The summed E-state index contributed by atoms with van der Waals surface area (Å²) < 4.78 is 0. The maximum absolute atomic E-state index is 12.4. The van der Waals surface area contributed by atoms with Crippen LogP contribution in [0.25, 0.3) is 0 Å². The first-order valence-electron chi connectivity index (χ1n) is 6.90. The van der Waals surface area contributed by atoms with E-state index in [2.05, 4.69) is 5.32 Å². The third-order valence-electron chi connectivity index (χ3n) is 3.44. The Morgan fingerprint density at radius 2 is 1.64 bits per heavy atom. The van der Waals surface area contributed by atoms with Gasteiger partial charge < -0.3 is 5.32 Å². The number of nitrogens with one attached hydrogen (secondary N) is 1. The van der Waals surface area contributed by atoms with Crippen molar-refractivity contribution >= 4 is 17.4 Å². The van der Waals surface area contributed by atoms with E-state index < -0.39 is 0 Å². The van der Waals surface area contributed by atoms with E-state index in [1.54, 1.807) is 30.3 Å². The van der Waals surface area contributed by atoms with Crippen molar-refractivity contribution in [3.05, 3.63) is 64.7 Å². The van der Waals surface area contributed by atoms with Crippen molar-refractivity contribution in [1.29, 1.82) is 5.26 Å². The van der Waals surface area contributed by atoms with Crippen LogP contribution in [0.15, 0.2) is 42.5 Å². The highest BCUT2D eigenvalue weighted by molar-refractivity contribution is 6.09. The first kappa shape index (κ1) is 15.5. The molecule has 0 saturated heterocycles. The summed E-state index contributed by atoms with van der Waals surface area (Å²) in [5.74, 6) is -0.422. The van der Waals surface area contributed by atoms with Crippen molar-refractivity contribution in [3.8, 4) is 6.07 Å². The molecule has 1 N–H and O–H groups in total. The van der Waals surface area contributed by atoms with E-state index in [1.165, 1.54) is 0 Å². The molecule has 110 valence electrons. The van der Waals surface area contributed by atoms with Crippen LogP contribution in [0.4, 0.5) is 5.69 Å². The molecular weight excluding hydrogens is 276 g/mol. The lowest BCUT2D eigenvalue weighted by molar-refractivity contribution is -0.115. The molecule has 0 radical (unpaired) electrons. The van der Waals surface area contributed by atoms with Gasteiger partial charge in [-0.25, -0.2) is 0 Å². The van der Waals surface area contributed by atoms with Crippen molar-refractivity contribution in [2.45, 2.75) is 20.3 Å². The van der Waals surface area contributed by atoms with Crippen LogP contribution in [0.3, 0.4) is 0 Å². The number of nitriles is 1. The number of hydrogen-bond donors (Lipinski definition) is 1. The van der Waals surface area contributed by atoms with Gasteiger partial charge in [-0.1, -0.05) is 12.1 Å². The van der Waals surface area contributed by atoms with Crippen LogP contribution < -0.4 is 5.32 Å². The van der Waals surface area contributed by atoms with Gasteiger partial charge in [0.2, 0.25) is 5.91 Å². The lowest BCUT2D eigenvalue weighted by atomic mass is 9.99. The fourth-order valence-electron chi connectivity index (χ4n) is 2.03. The summed E-state index contributed by atoms with van der Waals surface area (Å²) in [6.07, 6.45) is -0.191. The zero-order chi connectivity index (χ0) is 16.1. The smallest absolute Gasteiger partial charge is 0.238 e. The van der Waals surface area contributed by atoms with Crippen molar-refractivity contribution in [3.63, 3.8) is 0 Å². The molecule has 4 nitrogen and oxygen atoms in total. The number of aryl methyl sites for hydroxylation is 2. The van der Waals surface area contributed by atoms with E-state index in [4.69, 9.17) is 5.26 Å². The van der Waals surface area contributed by atoms with Crippen LogP contribution in [0.2, 0.25) is 0 Å². The molecule has 0 spiro atoms. The quantitative estimate of drug-likeness (QED) is 0.878. The molecule has 0 heterocycles. The van der Waals surface area contributed by atoms with E-state index in [0.29, 0.717) is 16.8 Å². The molecule has 4 heteroatoms. The van der Waals surface area contributed by atoms with Crippen molar-refractivity contribution < 1.29 is 9.59 Å². The van der Waals surface area contributed by atoms with Crippen LogP contribution in [0.1, 0.15) is 33.5 Å². The first-order valence-corrected chi connectivity index (χ1v) is 6.90. The van der Waals surface area contributed by atoms with E-state index >= 15 is 0 Å². The Bertz CT molecular complexity index is 756. The molecule has 22 heavy (non-hydrogen) atoms. The summed E-state index contributed by atoms with van der Waals surface area (Å²) in [4.78, 5) is 23.7. The molecule has 1 amide bonds. The Balaban J connectivity index is 2.16. The minimum Gasteiger partial charge on any atom is -0.325 e. The second-order valence-corrected chi connectivity index (χ2v) is 5.09. The van der Waals surface area contributed by atoms with Gasteiger partial charge in [0.05, 0.1) is 6.07 Å². The van der Waals surface area contributed by atoms with Gasteiger partial charge in [0.1, 0.15) is 6.42 Å². The summed E-state index contributed by atoms with van der Waals surface area (Å²) in [6.45, 7) is 3.97. The minimum atomic E-state index is -0.365. The Labute approximate surface area is 129 Å². The molecule has 2 aromatic carbocycles. The number of nitrogens with zero attached hydrogens (tertiary/aromatic N) is 1. The van der Waals surface area contributed by atoms with Crippen LogP contribution >= 0.6 is 0 Å². The van der Waals surface area contributed by atoms with E-state index in [0.717, 1.165) is 11.1 Å². The predicted molar refractivity (Wildman–Crippen MR) is 84.7 cm³/mol. The molecule has 0 saturated carbocycles. The van der Waals surface area contributed by atoms with Gasteiger partial charge in [-0.15, -0.1) is 0 Å². The van der Waals surface area contributed by atoms with Crippen molar-refractivity contribution in [2.24, 2.45) is 0 Å². The van der Waals surface area contributed by atoms with E-state index in [-0.39, 0.29) is 18.1 Å². The lowest BCUT2D eigenvalue weighted by Gasteiger charge is -2.06. The average molecular weight is 292 g/mol. The summed E-state index contributed by atoms with van der Waals surface area (Å²) in [5.41, 5.74) is 3.99. The Hall–Kier alpha value is -2.93. The molecule has 0 aliphatic rings. The van der Waals surface area contributed by atoms with E-state index in [1.807, 2.05) is 32.0 Å². The fourth-order valence-corrected chi connectivity index (χ4v) is 2.03. The summed E-state index contributed by atoms with van der Waals surface area (Å²) in [5, 5.41) is 11.0. The molecule has 0 fully saturated rings. The average Bonchev–Trinajstić information content (AvgIpc) is 2.50. The van der Waals surface area contributed by atoms with Crippen LogP contribution in [0.5, 0.6) is 0 Å². The number of rotatable bonds is 4. The van der Waals surface area contributed by atoms with Crippen LogP contribution in [-0.4, -0.2) is 11.7 Å². The molecule has 2 rings (SSSR count). The standard InChI is InChI=1S/C18H16N2O2/c1-12-3-4-15(11-13(12)2)18(22)14-5-7-16(8-6-14)20-17(21)9-10-19/h3-8,11H,9H2,1-2H3,(H,20,21). The van der Waals surface area contributed by atoms with Gasteiger partial charge >= 0.3 is 0 Å². The van der Waals surface area contributed by atoms with Crippen LogP contribution in [0, 0.1) is 25.2 Å². The molecule has 0 bridgehead atoms. The monoisotopic (exact) mass is 292 g/mol. The predicted octanol–water partition coefficient (Wildman–Crippen LogP) is 3.39. The second kappa shape index (κ2) is 6.68. The molecule has 0 aliphatic carbocycles. The Morgan fingerprint density at radius 1 is 1.00 bits per heavy atom. The molecule has 0 aliphatic heterocycles. The largest absolute Gasteiger partial charge is 0.325 e. The molecular formula is C18H16N2O2. The van der Waals surface area contributed by atoms with Gasteiger partial charge in [-0.2, -0.15) is 5.26 Å². The van der Waals surface area contributed by atoms with Gasteiger partial charge in [-0.05, 0) is 55.3 Å². The fraction of sp³-hybridized carbons (Fsp3) is 0.167. The SMILES string of the molecule is Cc1ccc(C(=O)c2ccc(NC(=O)CC#N)cc2)cc1C. The second-order valence-electron chi connectivity index (χ2n) is 5.09. The number of anilines is 1. The van der Waals surface area contributed by atoms with Crippen molar-refractivity contribution in [1.82, 2.24) is 0 Å². The number of benzene rings is 2. The number of carbonyl (C=O) groups excluding carboxylic acids is 2. The van der Waals surface area contributed by atoms with Crippen molar-refractivity contribution in [2.75, 3.05) is 5.32 Å². The third-order valence-corrected chi connectivity index (χ3v) is 3.44. The molecule has 0 unspecified atom stereocenters. The third kappa shape index (κ3) is 3.58. The first-order chi connectivity index (χ1) is 10.5. The number of carbonyl (C=O) groups is 2. The number of amides is 1. The Morgan fingerprint density at radius 3 is 2.23 bits per heavy atom. The highest BCUT2D eigenvalue weighted by Gasteiger charge is 2.10. The topological polar surface area (TPSA) is 70.0 Å². The Kier molecular flexibility index (Phi) is 4.70. The minimum absolute atomic E-state index is 0.0574. The summed E-state index contributed by atoms with van der Waals surface area (Å²) in [6, 6.07) is 14.0. The number of ketones is 1. The van der Waals surface area contributed by atoms with Gasteiger partial charge in [0.25, 0.3) is 0 Å². The molecule has 0 atom stereocenters. The lowest BCUT2D eigenvalue weighted by Crippen LogP contribution is -2.10. The zero-order valence-electron chi connectivity index (χ0n) is 12.5. The van der Waals surface area contributed by atoms with Crippen LogP contribution in [-0.2, 0) is 4.79 Å². The van der Waals surface area contributed by atoms with Gasteiger partial charge in [-0.3, -0.25) is 9.59 Å². The summed E-state index contributed by atoms with van der Waals surface area (Å²) in [7, 11) is 0. The number of hydrogen-bond acceptors (Lipinski definition) is 3. The maximum atomic E-state index is 12.4. The summed E-state index contributed by atoms with van der Waals surface area (Å²) >= 11 is 0. The molecule has 2 aromatic rings.